The molecule has 106 valence electrons. The lowest BCUT2D eigenvalue weighted by molar-refractivity contribution is 0.159. The lowest BCUT2D eigenvalue weighted by atomic mass is 9.64. The lowest BCUT2D eigenvalue weighted by Gasteiger charge is -2.45. The number of methoxy groups -OCH3 is 2. The number of ether oxygens (including phenoxy) is 2. The standard InChI is InChI=1S/C16H25NO2/c1-5-12-13(10-15(12)17-6-2)14-9-11(18-3)7-8-16(14)19-4/h7-9,12-13,15,17H,5-6,10H2,1-4H3. The van der Waals surface area contributed by atoms with Crippen molar-refractivity contribution >= 4 is 0 Å². The topological polar surface area (TPSA) is 30.5 Å². The Balaban J connectivity index is 2.21. The monoisotopic (exact) mass is 263 g/mol. The van der Waals surface area contributed by atoms with E-state index in [1.54, 1.807) is 14.2 Å². The van der Waals surface area contributed by atoms with Crippen LogP contribution in [0.15, 0.2) is 18.2 Å². The van der Waals surface area contributed by atoms with E-state index in [0.29, 0.717) is 17.9 Å². The molecule has 1 fully saturated rings. The first kappa shape index (κ1) is 14.2. The molecular weight excluding hydrogens is 238 g/mol. The molecule has 0 saturated heterocycles. The maximum atomic E-state index is 5.51. The number of rotatable bonds is 6. The molecule has 1 saturated carbocycles. The highest BCUT2D eigenvalue weighted by Crippen LogP contribution is 2.48. The molecule has 3 nitrogen and oxygen atoms in total. The molecule has 3 heteroatoms. The van der Waals surface area contributed by atoms with Gasteiger partial charge in [0.2, 0.25) is 0 Å². The first-order valence-electron chi connectivity index (χ1n) is 7.20. The molecule has 0 bridgehead atoms. The molecule has 0 heterocycles. The van der Waals surface area contributed by atoms with Crippen molar-refractivity contribution in [3.05, 3.63) is 23.8 Å². The van der Waals surface area contributed by atoms with Crippen LogP contribution in [0, 0.1) is 5.92 Å². The van der Waals surface area contributed by atoms with Gasteiger partial charge in [0.25, 0.3) is 0 Å². The molecule has 1 aliphatic rings. The molecule has 0 aromatic heterocycles. The fourth-order valence-electron chi connectivity index (χ4n) is 3.26. The Morgan fingerprint density at radius 2 is 2.00 bits per heavy atom. The zero-order chi connectivity index (χ0) is 13.8. The fourth-order valence-corrected chi connectivity index (χ4v) is 3.26. The predicted octanol–water partition coefficient (Wildman–Crippen LogP) is 3.20. The summed E-state index contributed by atoms with van der Waals surface area (Å²) in [6.45, 7) is 5.49. The van der Waals surface area contributed by atoms with Crippen molar-refractivity contribution in [3.63, 3.8) is 0 Å². The molecular formula is C16H25NO2. The minimum Gasteiger partial charge on any atom is -0.497 e. The first-order chi connectivity index (χ1) is 9.24. The molecule has 0 amide bonds. The maximum absolute atomic E-state index is 5.51. The second kappa shape index (κ2) is 6.29. The SMILES string of the molecule is CCNC1CC(c2cc(OC)ccc2OC)C1CC. The van der Waals surface area contributed by atoms with Crippen molar-refractivity contribution in [2.45, 2.75) is 38.6 Å². The van der Waals surface area contributed by atoms with Crippen molar-refractivity contribution in [2.24, 2.45) is 5.92 Å². The molecule has 3 atom stereocenters. The average molecular weight is 263 g/mol. The third-order valence-electron chi connectivity index (χ3n) is 4.32. The minimum atomic E-state index is 0.582. The summed E-state index contributed by atoms with van der Waals surface area (Å²) in [4.78, 5) is 0. The van der Waals surface area contributed by atoms with Crippen molar-refractivity contribution in [2.75, 3.05) is 20.8 Å². The van der Waals surface area contributed by atoms with Gasteiger partial charge in [-0.3, -0.25) is 0 Å². The molecule has 0 spiro atoms. The van der Waals surface area contributed by atoms with Gasteiger partial charge in [-0.15, -0.1) is 0 Å². The summed E-state index contributed by atoms with van der Waals surface area (Å²) in [6, 6.07) is 6.76. The van der Waals surface area contributed by atoms with Gasteiger partial charge in [-0.05, 0) is 43.0 Å². The summed E-state index contributed by atoms with van der Waals surface area (Å²) in [7, 11) is 3.46. The molecule has 1 aromatic carbocycles. The number of hydrogen-bond acceptors (Lipinski definition) is 3. The summed E-state index contributed by atoms with van der Waals surface area (Å²) >= 11 is 0. The zero-order valence-corrected chi connectivity index (χ0v) is 12.4. The Kier molecular flexibility index (Phi) is 4.70. The molecule has 1 N–H and O–H groups in total. The molecule has 19 heavy (non-hydrogen) atoms. The van der Waals surface area contributed by atoms with Crippen molar-refractivity contribution < 1.29 is 9.47 Å². The van der Waals surface area contributed by atoms with E-state index >= 15 is 0 Å². The van der Waals surface area contributed by atoms with Crippen LogP contribution in [0.1, 0.15) is 38.2 Å². The Bertz CT molecular complexity index is 419. The van der Waals surface area contributed by atoms with E-state index in [1.807, 2.05) is 12.1 Å². The highest BCUT2D eigenvalue weighted by molar-refractivity contribution is 5.44. The van der Waals surface area contributed by atoms with Crippen LogP contribution in [0.3, 0.4) is 0 Å². The minimum absolute atomic E-state index is 0.582. The van der Waals surface area contributed by atoms with Gasteiger partial charge in [0.15, 0.2) is 0 Å². The van der Waals surface area contributed by atoms with E-state index < -0.39 is 0 Å². The Hall–Kier alpha value is -1.22. The third kappa shape index (κ3) is 2.71. The second-order valence-corrected chi connectivity index (χ2v) is 5.19. The lowest BCUT2D eigenvalue weighted by Crippen LogP contribution is -2.48. The molecule has 0 radical (unpaired) electrons. The van der Waals surface area contributed by atoms with E-state index in [2.05, 4.69) is 25.2 Å². The van der Waals surface area contributed by atoms with Crippen LogP contribution in [0.4, 0.5) is 0 Å². The molecule has 3 unspecified atom stereocenters. The average Bonchev–Trinajstić information content (AvgIpc) is 2.42. The van der Waals surface area contributed by atoms with Crippen molar-refractivity contribution in [3.8, 4) is 11.5 Å². The van der Waals surface area contributed by atoms with E-state index in [0.717, 1.165) is 18.0 Å². The van der Waals surface area contributed by atoms with Crippen molar-refractivity contribution in [1.82, 2.24) is 5.32 Å². The predicted molar refractivity (Wildman–Crippen MR) is 78.1 cm³/mol. The molecule has 1 aliphatic carbocycles. The van der Waals surface area contributed by atoms with Crippen LogP contribution in [-0.4, -0.2) is 26.8 Å². The Labute approximate surface area is 116 Å². The van der Waals surface area contributed by atoms with Crippen LogP contribution in [0.25, 0.3) is 0 Å². The van der Waals surface area contributed by atoms with Gasteiger partial charge in [0, 0.05) is 11.6 Å². The van der Waals surface area contributed by atoms with Gasteiger partial charge in [-0.2, -0.15) is 0 Å². The summed E-state index contributed by atoms with van der Waals surface area (Å²) in [5.41, 5.74) is 1.29. The van der Waals surface area contributed by atoms with Gasteiger partial charge in [0.1, 0.15) is 11.5 Å². The van der Waals surface area contributed by atoms with Crippen LogP contribution in [0.5, 0.6) is 11.5 Å². The second-order valence-electron chi connectivity index (χ2n) is 5.19. The third-order valence-corrected chi connectivity index (χ3v) is 4.32. The first-order valence-corrected chi connectivity index (χ1v) is 7.20. The van der Waals surface area contributed by atoms with Gasteiger partial charge in [-0.25, -0.2) is 0 Å². The Morgan fingerprint density at radius 1 is 1.21 bits per heavy atom. The van der Waals surface area contributed by atoms with Gasteiger partial charge < -0.3 is 14.8 Å². The highest BCUT2D eigenvalue weighted by atomic mass is 16.5. The number of nitrogens with one attached hydrogen (secondary N) is 1. The Morgan fingerprint density at radius 3 is 2.58 bits per heavy atom. The quantitative estimate of drug-likeness (QED) is 0.855. The summed E-state index contributed by atoms with van der Waals surface area (Å²) in [5.74, 6) is 3.18. The van der Waals surface area contributed by atoms with E-state index in [1.165, 1.54) is 18.4 Å². The summed E-state index contributed by atoms with van der Waals surface area (Å²) in [5, 5.41) is 3.58. The van der Waals surface area contributed by atoms with Crippen LogP contribution in [-0.2, 0) is 0 Å². The van der Waals surface area contributed by atoms with Crippen LogP contribution >= 0.6 is 0 Å². The van der Waals surface area contributed by atoms with Gasteiger partial charge in [-0.1, -0.05) is 20.3 Å². The van der Waals surface area contributed by atoms with Gasteiger partial charge in [0.05, 0.1) is 14.2 Å². The van der Waals surface area contributed by atoms with E-state index in [9.17, 15) is 0 Å². The fraction of sp³-hybridized carbons (Fsp3) is 0.625. The molecule has 0 aliphatic heterocycles. The maximum Gasteiger partial charge on any atom is 0.122 e. The number of hydrogen-bond donors (Lipinski definition) is 1. The molecule has 2 rings (SSSR count). The largest absolute Gasteiger partial charge is 0.497 e. The summed E-state index contributed by atoms with van der Waals surface area (Å²) in [6.07, 6.45) is 2.39. The normalized spacial score (nSPS) is 25.8. The van der Waals surface area contributed by atoms with Crippen molar-refractivity contribution in [1.29, 1.82) is 0 Å². The van der Waals surface area contributed by atoms with Crippen LogP contribution in [0.2, 0.25) is 0 Å². The zero-order valence-electron chi connectivity index (χ0n) is 12.4. The number of benzene rings is 1. The van der Waals surface area contributed by atoms with Gasteiger partial charge >= 0.3 is 0 Å². The molecule has 1 aromatic rings. The highest BCUT2D eigenvalue weighted by Gasteiger charge is 2.41. The smallest absolute Gasteiger partial charge is 0.122 e. The van der Waals surface area contributed by atoms with E-state index in [-0.39, 0.29) is 0 Å². The summed E-state index contributed by atoms with van der Waals surface area (Å²) < 4.78 is 10.9. The van der Waals surface area contributed by atoms with E-state index in [4.69, 9.17) is 9.47 Å². The van der Waals surface area contributed by atoms with Crippen LogP contribution < -0.4 is 14.8 Å².